The molecule has 2 heterocycles. The molecule has 1 aliphatic rings. The number of hydrogen-bond acceptors (Lipinski definition) is 4. The molecule has 1 amide bonds. The highest BCUT2D eigenvalue weighted by Crippen LogP contribution is 2.26. The second kappa shape index (κ2) is 6.97. The van der Waals surface area contributed by atoms with Crippen molar-refractivity contribution in [3.8, 4) is 6.07 Å². The molecule has 0 saturated carbocycles. The summed E-state index contributed by atoms with van der Waals surface area (Å²) in [7, 11) is 0. The minimum absolute atomic E-state index is 0.342. The number of nitrogens with one attached hydrogen (secondary N) is 1. The van der Waals surface area contributed by atoms with Gasteiger partial charge in [0, 0.05) is 30.2 Å². The highest BCUT2D eigenvalue weighted by Gasteiger charge is 2.23. The lowest BCUT2D eigenvalue weighted by molar-refractivity contribution is 0.0964. The third-order valence-electron chi connectivity index (χ3n) is 3.76. The Kier molecular flexibility index (Phi) is 4.57. The second-order valence-electron chi connectivity index (χ2n) is 5.62. The summed E-state index contributed by atoms with van der Waals surface area (Å²) in [5.74, 6) is -0.313. The van der Waals surface area contributed by atoms with Crippen LogP contribution in [0.3, 0.4) is 0 Å². The van der Waals surface area contributed by atoms with Gasteiger partial charge in [0.05, 0.1) is 5.57 Å². The number of amides is 1. The first-order valence-electron chi connectivity index (χ1n) is 7.64. The normalized spacial score (nSPS) is 14.0. The molecular formula is C19H15FN4O. The first-order valence-corrected chi connectivity index (χ1v) is 7.64. The number of allylic oxidation sites excluding steroid dienone is 2. The van der Waals surface area contributed by atoms with Gasteiger partial charge in [-0.2, -0.15) is 5.26 Å². The lowest BCUT2D eigenvalue weighted by Crippen LogP contribution is -2.39. The molecule has 0 atom stereocenters. The van der Waals surface area contributed by atoms with Crippen molar-refractivity contribution in [2.24, 2.45) is 0 Å². The van der Waals surface area contributed by atoms with Gasteiger partial charge in [-0.05, 0) is 49.4 Å². The average Bonchev–Trinajstić information content (AvgIpc) is 2.64. The zero-order chi connectivity index (χ0) is 17.8. The molecule has 1 aromatic carbocycles. The molecule has 0 saturated heterocycles. The number of anilines is 1. The molecule has 1 aromatic heterocycles. The van der Waals surface area contributed by atoms with E-state index in [9.17, 15) is 14.4 Å². The molecule has 1 aliphatic heterocycles. The summed E-state index contributed by atoms with van der Waals surface area (Å²) < 4.78 is 13.2. The standard InChI is InChI=1S/C19H15FN4O/c1-13-10-15(11-21)18(23-19(25)14-6-8-22-9-7-14)24(12-13)17-4-2-16(20)3-5-17/h2-10H,12H2,1H3,(H,23,25). The zero-order valence-corrected chi connectivity index (χ0v) is 13.5. The summed E-state index contributed by atoms with van der Waals surface area (Å²) in [6, 6.07) is 11.2. The van der Waals surface area contributed by atoms with E-state index in [0.717, 1.165) is 5.57 Å². The monoisotopic (exact) mass is 334 g/mol. The summed E-state index contributed by atoms with van der Waals surface area (Å²) in [6.45, 7) is 2.39. The van der Waals surface area contributed by atoms with Gasteiger partial charge < -0.3 is 10.2 Å². The number of hydrogen-bond donors (Lipinski definition) is 1. The van der Waals surface area contributed by atoms with Gasteiger partial charge in [-0.1, -0.05) is 5.57 Å². The van der Waals surface area contributed by atoms with Crippen LogP contribution in [0.25, 0.3) is 0 Å². The van der Waals surface area contributed by atoms with Crippen molar-refractivity contribution in [1.29, 1.82) is 5.26 Å². The Labute approximate surface area is 144 Å². The lowest BCUT2D eigenvalue weighted by Gasteiger charge is -2.31. The number of nitrogens with zero attached hydrogens (tertiary/aromatic N) is 3. The van der Waals surface area contributed by atoms with E-state index in [2.05, 4.69) is 16.4 Å². The number of nitriles is 1. The van der Waals surface area contributed by atoms with Gasteiger partial charge in [0.25, 0.3) is 5.91 Å². The van der Waals surface area contributed by atoms with Crippen LogP contribution < -0.4 is 10.2 Å². The quantitative estimate of drug-likeness (QED) is 0.936. The average molecular weight is 334 g/mol. The summed E-state index contributed by atoms with van der Waals surface area (Å²) in [5.41, 5.74) is 2.43. The zero-order valence-electron chi connectivity index (χ0n) is 13.5. The van der Waals surface area contributed by atoms with Crippen LogP contribution in [0.1, 0.15) is 17.3 Å². The van der Waals surface area contributed by atoms with E-state index in [1.54, 1.807) is 35.2 Å². The largest absolute Gasteiger partial charge is 0.323 e. The SMILES string of the molecule is CC1=CC(C#N)=C(NC(=O)c2ccncc2)N(c2ccc(F)cc2)C1. The molecule has 1 N–H and O–H groups in total. The predicted octanol–water partition coefficient (Wildman–Crippen LogP) is 3.15. The van der Waals surface area contributed by atoms with Crippen LogP contribution in [0.4, 0.5) is 10.1 Å². The van der Waals surface area contributed by atoms with Crippen molar-refractivity contribution < 1.29 is 9.18 Å². The van der Waals surface area contributed by atoms with Gasteiger partial charge in [-0.3, -0.25) is 9.78 Å². The molecular weight excluding hydrogens is 319 g/mol. The molecule has 0 fully saturated rings. The highest BCUT2D eigenvalue weighted by atomic mass is 19.1. The molecule has 2 aromatic rings. The summed E-state index contributed by atoms with van der Waals surface area (Å²) in [4.78, 5) is 18.2. The minimum atomic E-state index is -0.347. The Balaban J connectivity index is 1.99. The Hall–Kier alpha value is -3.46. The Morgan fingerprint density at radius 3 is 2.56 bits per heavy atom. The van der Waals surface area contributed by atoms with Gasteiger partial charge >= 0.3 is 0 Å². The van der Waals surface area contributed by atoms with Crippen LogP contribution in [0.5, 0.6) is 0 Å². The van der Waals surface area contributed by atoms with Crippen molar-refractivity contribution in [3.05, 3.63) is 83.2 Å². The lowest BCUT2D eigenvalue weighted by atomic mass is 10.1. The van der Waals surface area contributed by atoms with Crippen LogP contribution in [0.2, 0.25) is 0 Å². The van der Waals surface area contributed by atoms with E-state index in [4.69, 9.17) is 0 Å². The van der Waals surface area contributed by atoms with Crippen molar-refractivity contribution >= 4 is 11.6 Å². The van der Waals surface area contributed by atoms with Crippen LogP contribution >= 0.6 is 0 Å². The van der Waals surface area contributed by atoms with E-state index in [-0.39, 0.29) is 11.7 Å². The van der Waals surface area contributed by atoms with E-state index in [1.165, 1.54) is 24.5 Å². The van der Waals surface area contributed by atoms with E-state index in [1.807, 2.05) is 6.92 Å². The molecule has 0 aliphatic carbocycles. The molecule has 3 rings (SSSR count). The maximum atomic E-state index is 13.2. The van der Waals surface area contributed by atoms with Crippen molar-refractivity contribution in [2.75, 3.05) is 11.4 Å². The molecule has 0 bridgehead atoms. The molecule has 124 valence electrons. The van der Waals surface area contributed by atoms with Gasteiger partial charge in [0.2, 0.25) is 0 Å². The number of carbonyl (C=O) groups excluding carboxylic acids is 1. The number of rotatable bonds is 3. The fourth-order valence-electron chi connectivity index (χ4n) is 2.58. The predicted molar refractivity (Wildman–Crippen MR) is 91.8 cm³/mol. The maximum absolute atomic E-state index is 13.2. The van der Waals surface area contributed by atoms with Crippen molar-refractivity contribution in [2.45, 2.75) is 6.92 Å². The third kappa shape index (κ3) is 3.56. The Bertz CT molecular complexity index is 895. The smallest absolute Gasteiger partial charge is 0.256 e. The molecule has 6 heteroatoms. The van der Waals surface area contributed by atoms with Crippen molar-refractivity contribution in [1.82, 2.24) is 10.3 Å². The number of pyridine rings is 1. The Morgan fingerprint density at radius 1 is 1.24 bits per heavy atom. The number of halogens is 1. The number of benzene rings is 1. The van der Waals surface area contributed by atoms with E-state index < -0.39 is 0 Å². The fraction of sp³-hybridized carbons (Fsp3) is 0.105. The van der Waals surface area contributed by atoms with Gasteiger partial charge in [-0.15, -0.1) is 0 Å². The van der Waals surface area contributed by atoms with Gasteiger partial charge in [-0.25, -0.2) is 4.39 Å². The summed E-state index contributed by atoms with van der Waals surface area (Å²) in [5, 5.41) is 12.3. The van der Waals surface area contributed by atoms with E-state index >= 15 is 0 Å². The molecule has 25 heavy (non-hydrogen) atoms. The molecule has 0 unspecified atom stereocenters. The highest BCUT2D eigenvalue weighted by molar-refractivity contribution is 5.95. The van der Waals surface area contributed by atoms with Crippen LogP contribution in [0, 0.1) is 17.1 Å². The topological polar surface area (TPSA) is 69.0 Å². The number of aromatic nitrogens is 1. The fourth-order valence-corrected chi connectivity index (χ4v) is 2.58. The molecule has 0 spiro atoms. The van der Waals surface area contributed by atoms with E-state index in [0.29, 0.717) is 29.2 Å². The van der Waals surface area contributed by atoms with Gasteiger partial charge in [0.1, 0.15) is 17.7 Å². The first kappa shape index (κ1) is 16.4. The molecule has 5 nitrogen and oxygen atoms in total. The van der Waals surface area contributed by atoms with Crippen molar-refractivity contribution in [3.63, 3.8) is 0 Å². The van der Waals surface area contributed by atoms with Gasteiger partial charge in [0.15, 0.2) is 0 Å². The summed E-state index contributed by atoms with van der Waals surface area (Å²) >= 11 is 0. The minimum Gasteiger partial charge on any atom is -0.323 e. The first-order chi connectivity index (χ1) is 12.1. The summed E-state index contributed by atoms with van der Waals surface area (Å²) in [6.07, 6.45) is 4.79. The second-order valence-corrected chi connectivity index (χ2v) is 5.62. The Morgan fingerprint density at radius 2 is 1.92 bits per heavy atom. The van der Waals surface area contributed by atoms with Crippen LogP contribution in [-0.2, 0) is 0 Å². The molecule has 0 radical (unpaired) electrons. The number of carbonyl (C=O) groups is 1. The maximum Gasteiger partial charge on any atom is 0.256 e. The van der Waals surface area contributed by atoms with Crippen LogP contribution in [0.15, 0.2) is 71.8 Å². The van der Waals surface area contributed by atoms with Crippen LogP contribution in [-0.4, -0.2) is 17.4 Å². The third-order valence-corrected chi connectivity index (χ3v) is 3.76.